The van der Waals surface area contributed by atoms with Gasteiger partial charge < -0.3 is 15.2 Å². The molecule has 0 aliphatic heterocycles. The molecule has 6 heteroatoms. The normalized spacial score (nSPS) is 12.8. The smallest absolute Gasteiger partial charge is 0.146 e. The second-order valence-electron chi connectivity index (χ2n) is 4.23. The molecule has 0 bridgehead atoms. The largest absolute Gasteiger partial charge is 0.489 e. The molecule has 0 aromatic heterocycles. The Balaban J connectivity index is 2.53. The van der Waals surface area contributed by atoms with Crippen molar-refractivity contribution in [2.24, 2.45) is 0 Å². The molecule has 1 unspecified atom stereocenters. The summed E-state index contributed by atoms with van der Waals surface area (Å²) < 4.78 is 9.05. The zero-order valence-corrected chi connectivity index (χ0v) is 16.7. The maximum absolute atomic E-state index is 9.80. The van der Waals surface area contributed by atoms with Gasteiger partial charge in [-0.2, -0.15) is 0 Å². The van der Waals surface area contributed by atoms with Crippen LogP contribution in [-0.4, -0.2) is 30.4 Å². The Morgan fingerprint density at radius 3 is 2.28 bits per heavy atom. The summed E-state index contributed by atoms with van der Waals surface area (Å²) in [5.74, 6) is 0.861. The summed E-state index contributed by atoms with van der Waals surface area (Å²) >= 11 is 6.80. The highest BCUT2D eigenvalue weighted by molar-refractivity contribution is 14.1. The Bertz CT molecular complexity index is 376. The molecule has 0 saturated heterocycles. The first kappa shape index (κ1) is 17.2. The van der Waals surface area contributed by atoms with Gasteiger partial charge in [0, 0.05) is 16.2 Å². The first-order valence-corrected chi connectivity index (χ1v) is 8.82. The number of halogens is 3. The molecule has 0 fully saturated rings. The molecule has 2 N–H and O–H groups in total. The van der Waals surface area contributed by atoms with E-state index in [9.17, 15) is 5.11 Å². The molecule has 18 heavy (non-hydrogen) atoms. The Morgan fingerprint density at radius 1 is 1.22 bits per heavy atom. The Hall–Kier alpha value is 1.13. The van der Waals surface area contributed by atoms with Gasteiger partial charge in [0.1, 0.15) is 18.5 Å². The number of nitrogens with one attached hydrogen (secondary N) is 1. The van der Waals surface area contributed by atoms with E-state index in [1.807, 2.05) is 0 Å². The fourth-order valence-corrected chi connectivity index (χ4v) is 5.17. The first-order chi connectivity index (χ1) is 8.40. The van der Waals surface area contributed by atoms with E-state index in [1.54, 1.807) is 0 Å². The van der Waals surface area contributed by atoms with E-state index in [1.165, 1.54) is 3.57 Å². The Labute approximate surface area is 149 Å². The van der Waals surface area contributed by atoms with Gasteiger partial charge in [-0.1, -0.05) is 13.8 Å². The molecule has 1 aromatic carbocycles. The fraction of sp³-hybridized carbons (Fsp3) is 0.500. The van der Waals surface area contributed by atoms with Crippen LogP contribution in [0, 0.1) is 10.7 Å². The van der Waals surface area contributed by atoms with E-state index in [4.69, 9.17) is 4.74 Å². The predicted octanol–water partition coefficient (Wildman–Crippen LogP) is 3.24. The summed E-state index contributed by atoms with van der Waals surface area (Å²) in [5.41, 5.74) is 0. The summed E-state index contributed by atoms with van der Waals surface area (Å²) in [6.45, 7) is 4.97. The molecule has 1 rings (SSSR count). The van der Waals surface area contributed by atoms with Crippen LogP contribution in [0.2, 0.25) is 0 Å². The van der Waals surface area contributed by atoms with Crippen molar-refractivity contribution in [3.8, 4) is 5.75 Å². The molecular formula is C12H16I3NO2. The number of rotatable bonds is 6. The molecule has 3 nitrogen and oxygen atoms in total. The minimum Gasteiger partial charge on any atom is -0.489 e. The van der Waals surface area contributed by atoms with Crippen LogP contribution in [0.4, 0.5) is 0 Å². The third-order valence-electron chi connectivity index (χ3n) is 2.14. The minimum atomic E-state index is -0.488. The Morgan fingerprint density at radius 2 is 1.78 bits per heavy atom. The van der Waals surface area contributed by atoms with E-state index >= 15 is 0 Å². The van der Waals surface area contributed by atoms with Crippen molar-refractivity contribution in [2.75, 3.05) is 13.2 Å². The van der Waals surface area contributed by atoms with Crippen molar-refractivity contribution in [1.82, 2.24) is 5.32 Å². The molecular weight excluding hydrogens is 571 g/mol. The summed E-state index contributed by atoms with van der Waals surface area (Å²) in [5, 5.41) is 13.0. The molecule has 0 radical (unpaired) electrons. The highest BCUT2D eigenvalue weighted by Crippen LogP contribution is 2.29. The van der Waals surface area contributed by atoms with Crippen LogP contribution in [0.5, 0.6) is 5.75 Å². The lowest BCUT2D eigenvalue weighted by molar-refractivity contribution is 0.104. The zero-order chi connectivity index (χ0) is 13.7. The van der Waals surface area contributed by atoms with Crippen LogP contribution >= 0.6 is 67.8 Å². The summed E-state index contributed by atoms with van der Waals surface area (Å²) in [7, 11) is 0. The molecule has 1 aromatic rings. The molecule has 0 amide bonds. The number of ether oxygens (including phenoxy) is 1. The maximum Gasteiger partial charge on any atom is 0.146 e. The van der Waals surface area contributed by atoms with Crippen LogP contribution in [-0.2, 0) is 0 Å². The number of benzene rings is 1. The Kier molecular flexibility index (Phi) is 8.04. The predicted molar refractivity (Wildman–Crippen MR) is 99.2 cm³/mol. The van der Waals surface area contributed by atoms with E-state index in [0.29, 0.717) is 19.2 Å². The van der Waals surface area contributed by atoms with Gasteiger partial charge in [-0.15, -0.1) is 0 Å². The SMILES string of the molecule is CC(C)NCC(O)COc1c(I)cc(I)cc1I. The lowest BCUT2D eigenvalue weighted by Gasteiger charge is -2.16. The average Bonchev–Trinajstić information content (AvgIpc) is 2.24. The standard InChI is InChI=1S/C12H16I3NO2/c1-7(2)16-5-9(17)6-18-12-10(14)3-8(13)4-11(12)15/h3-4,7,9,16-17H,5-6H2,1-2H3. The second kappa shape index (κ2) is 8.42. The minimum absolute atomic E-state index is 0.312. The highest BCUT2D eigenvalue weighted by atomic mass is 127. The molecule has 0 aliphatic carbocycles. The van der Waals surface area contributed by atoms with Crippen LogP contribution in [0.1, 0.15) is 13.8 Å². The van der Waals surface area contributed by atoms with E-state index < -0.39 is 6.10 Å². The van der Waals surface area contributed by atoms with Crippen molar-refractivity contribution in [2.45, 2.75) is 26.0 Å². The van der Waals surface area contributed by atoms with Gasteiger partial charge in [0.05, 0.1) is 7.14 Å². The number of hydrogen-bond acceptors (Lipinski definition) is 3. The topological polar surface area (TPSA) is 41.5 Å². The summed E-state index contributed by atoms with van der Waals surface area (Å²) in [4.78, 5) is 0. The quantitative estimate of drug-likeness (QED) is 0.503. The fourth-order valence-electron chi connectivity index (χ4n) is 1.28. The zero-order valence-electron chi connectivity index (χ0n) is 10.2. The average molecular weight is 587 g/mol. The molecule has 1 atom stereocenters. The molecule has 102 valence electrons. The molecule has 0 spiro atoms. The monoisotopic (exact) mass is 587 g/mol. The lowest BCUT2D eigenvalue weighted by atomic mass is 10.3. The van der Waals surface area contributed by atoms with E-state index in [2.05, 4.69) is 99.1 Å². The second-order valence-corrected chi connectivity index (χ2v) is 7.80. The molecule has 0 saturated carbocycles. The van der Waals surface area contributed by atoms with E-state index in [-0.39, 0.29) is 0 Å². The number of aliphatic hydroxyl groups excluding tert-OH is 1. The highest BCUT2D eigenvalue weighted by Gasteiger charge is 2.11. The van der Waals surface area contributed by atoms with Crippen LogP contribution in [0.25, 0.3) is 0 Å². The third-order valence-corrected chi connectivity index (χ3v) is 4.37. The van der Waals surface area contributed by atoms with Gasteiger partial charge in [0.15, 0.2) is 0 Å². The molecule has 0 aliphatic rings. The summed E-state index contributed by atoms with van der Waals surface area (Å²) in [6, 6.07) is 4.51. The van der Waals surface area contributed by atoms with Gasteiger partial charge in [0.2, 0.25) is 0 Å². The van der Waals surface area contributed by atoms with Gasteiger partial charge >= 0.3 is 0 Å². The van der Waals surface area contributed by atoms with Gasteiger partial charge in [-0.25, -0.2) is 0 Å². The van der Waals surface area contributed by atoms with Crippen LogP contribution in [0.3, 0.4) is 0 Å². The van der Waals surface area contributed by atoms with Gasteiger partial charge in [-0.05, 0) is 79.9 Å². The number of hydrogen-bond donors (Lipinski definition) is 2. The van der Waals surface area contributed by atoms with Crippen molar-refractivity contribution >= 4 is 67.8 Å². The number of aliphatic hydroxyl groups is 1. The van der Waals surface area contributed by atoms with Crippen LogP contribution < -0.4 is 10.1 Å². The first-order valence-electron chi connectivity index (χ1n) is 5.59. The van der Waals surface area contributed by atoms with Crippen LogP contribution in [0.15, 0.2) is 12.1 Å². The van der Waals surface area contributed by atoms with Gasteiger partial charge in [0.25, 0.3) is 0 Å². The van der Waals surface area contributed by atoms with Crippen molar-refractivity contribution in [1.29, 1.82) is 0 Å². The molecule has 0 heterocycles. The third kappa shape index (κ3) is 6.06. The van der Waals surface area contributed by atoms with Crippen molar-refractivity contribution in [3.05, 3.63) is 22.8 Å². The van der Waals surface area contributed by atoms with E-state index in [0.717, 1.165) is 12.9 Å². The maximum atomic E-state index is 9.80. The van der Waals surface area contributed by atoms with Gasteiger partial charge in [-0.3, -0.25) is 0 Å². The lowest BCUT2D eigenvalue weighted by Crippen LogP contribution is -2.35. The summed E-state index contributed by atoms with van der Waals surface area (Å²) in [6.07, 6.45) is -0.488. The van der Waals surface area contributed by atoms with Crippen molar-refractivity contribution < 1.29 is 9.84 Å². The van der Waals surface area contributed by atoms with Crippen molar-refractivity contribution in [3.63, 3.8) is 0 Å².